The molecule has 1 aromatic rings. The van der Waals surface area contributed by atoms with Gasteiger partial charge in [0.2, 0.25) is 0 Å². The van der Waals surface area contributed by atoms with Gasteiger partial charge < -0.3 is 5.11 Å². The number of aliphatic hydroxyl groups is 1. The van der Waals surface area contributed by atoms with E-state index in [9.17, 15) is 5.11 Å². The second-order valence-electron chi connectivity index (χ2n) is 5.49. The first-order valence-electron chi connectivity index (χ1n) is 7.81. The quantitative estimate of drug-likeness (QED) is 0.580. The second-order valence-corrected chi connectivity index (χ2v) is 5.49. The maximum atomic E-state index is 9.83. The molecule has 0 fully saturated rings. The molecule has 0 aromatic heterocycles. The lowest BCUT2D eigenvalue weighted by molar-refractivity contribution is 0.180. The number of hydrogen-bond acceptors (Lipinski definition) is 1. The fraction of sp³-hybridized carbons (Fsp3) is 0.611. The van der Waals surface area contributed by atoms with Crippen LogP contribution in [0.2, 0.25) is 0 Å². The summed E-state index contributed by atoms with van der Waals surface area (Å²) in [7, 11) is 0. The molecule has 0 aliphatic carbocycles. The van der Waals surface area contributed by atoms with Crippen molar-refractivity contribution in [2.45, 2.75) is 70.3 Å². The predicted octanol–water partition coefficient (Wildman–Crippen LogP) is 5.11. The molecule has 0 aliphatic rings. The first kappa shape index (κ1) is 16.2. The monoisotopic (exact) mass is 261 g/mol. The Kier molecular flexibility index (Phi) is 8.57. The summed E-state index contributed by atoms with van der Waals surface area (Å²) >= 11 is 0. The first-order chi connectivity index (χ1) is 9.25. The Bertz CT molecular complexity index is 305. The highest BCUT2D eigenvalue weighted by Crippen LogP contribution is 2.26. The lowest BCUT2D eigenvalue weighted by Crippen LogP contribution is -2.15. The maximum absolute atomic E-state index is 9.83. The van der Waals surface area contributed by atoms with Crippen molar-refractivity contribution in [3.63, 3.8) is 0 Å². The normalized spacial score (nSPS) is 14.3. The highest BCUT2D eigenvalue weighted by Gasteiger charge is 2.16. The van der Waals surface area contributed by atoms with E-state index in [0.717, 1.165) is 6.42 Å². The predicted molar refractivity (Wildman–Crippen MR) is 83.2 cm³/mol. The average Bonchev–Trinajstić information content (AvgIpc) is 2.42. The lowest BCUT2D eigenvalue weighted by Gasteiger charge is -2.20. The largest absolute Gasteiger partial charge is 0.392 e. The van der Waals surface area contributed by atoms with E-state index in [1.54, 1.807) is 0 Å². The third-order valence-electron chi connectivity index (χ3n) is 3.81. The van der Waals surface area contributed by atoms with Crippen LogP contribution in [0.1, 0.15) is 69.8 Å². The SMILES string of the molecule is [CH2]C(O)C(CCCCCCCCC)c1ccccc1. The Morgan fingerprint density at radius 1 is 0.947 bits per heavy atom. The van der Waals surface area contributed by atoms with Gasteiger partial charge in [-0.1, -0.05) is 82.2 Å². The molecular weight excluding hydrogens is 232 g/mol. The number of hydrogen-bond donors (Lipinski definition) is 1. The molecule has 2 unspecified atom stereocenters. The number of benzene rings is 1. The van der Waals surface area contributed by atoms with Gasteiger partial charge in [0.05, 0.1) is 6.10 Å². The second kappa shape index (κ2) is 10.0. The molecule has 0 amide bonds. The molecule has 19 heavy (non-hydrogen) atoms. The maximum Gasteiger partial charge on any atom is 0.0609 e. The molecule has 0 spiro atoms. The molecule has 0 saturated carbocycles. The lowest BCUT2D eigenvalue weighted by atomic mass is 9.89. The van der Waals surface area contributed by atoms with Crippen LogP contribution in [0.5, 0.6) is 0 Å². The van der Waals surface area contributed by atoms with Crippen molar-refractivity contribution < 1.29 is 5.11 Å². The van der Waals surface area contributed by atoms with Crippen molar-refractivity contribution >= 4 is 0 Å². The molecule has 1 heteroatoms. The zero-order chi connectivity index (χ0) is 13.9. The minimum atomic E-state index is -0.498. The average molecular weight is 261 g/mol. The number of aliphatic hydroxyl groups excluding tert-OH is 1. The van der Waals surface area contributed by atoms with E-state index in [2.05, 4.69) is 26.0 Å². The van der Waals surface area contributed by atoms with Crippen LogP contribution in [0, 0.1) is 6.92 Å². The van der Waals surface area contributed by atoms with Crippen LogP contribution in [0.4, 0.5) is 0 Å². The van der Waals surface area contributed by atoms with Gasteiger partial charge in [-0.15, -0.1) is 0 Å². The van der Waals surface area contributed by atoms with Gasteiger partial charge in [-0.05, 0) is 18.9 Å². The fourth-order valence-corrected chi connectivity index (χ4v) is 2.60. The Morgan fingerprint density at radius 2 is 1.53 bits per heavy atom. The molecule has 1 N–H and O–H groups in total. The number of unbranched alkanes of at least 4 members (excludes halogenated alkanes) is 6. The summed E-state index contributed by atoms with van der Waals surface area (Å²) in [4.78, 5) is 0. The van der Waals surface area contributed by atoms with Crippen molar-refractivity contribution in [3.05, 3.63) is 42.8 Å². The van der Waals surface area contributed by atoms with Crippen molar-refractivity contribution in [1.29, 1.82) is 0 Å². The van der Waals surface area contributed by atoms with Crippen LogP contribution in [0.25, 0.3) is 0 Å². The van der Waals surface area contributed by atoms with E-state index >= 15 is 0 Å². The highest BCUT2D eigenvalue weighted by atomic mass is 16.3. The Balaban J connectivity index is 2.24. The first-order valence-corrected chi connectivity index (χ1v) is 7.81. The molecule has 0 heterocycles. The minimum absolute atomic E-state index is 0.192. The Morgan fingerprint density at radius 3 is 2.11 bits per heavy atom. The van der Waals surface area contributed by atoms with E-state index < -0.39 is 6.10 Å². The Hall–Kier alpha value is -0.820. The summed E-state index contributed by atoms with van der Waals surface area (Å²) < 4.78 is 0. The third-order valence-corrected chi connectivity index (χ3v) is 3.81. The standard InChI is InChI=1S/C18H29O/c1-3-4-5-6-7-8-12-15-18(16(2)19)17-13-10-9-11-14-17/h9-11,13-14,16,18-19H,2-8,12,15H2,1H3. The van der Waals surface area contributed by atoms with Crippen LogP contribution in [0.15, 0.2) is 30.3 Å². The summed E-state index contributed by atoms with van der Waals surface area (Å²) in [6.45, 7) is 6.06. The van der Waals surface area contributed by atoms with Crippen molar-refractivity contribution in [3.8, 4) is 0 Å². The Labute approximate surface area is 119 Å². The van der Waals surface area contributed by atoms with Crippen LogP contribution in [-0.4, -0.2) is 11.2 Å². The zero-order valence-electron chi connectivity index (χ0n) is 12.4. The van der Waals surface area contributed by atoms with Gasteiger partial charge in [0.15, 0.2) is 0 Å². The van der Waals surface area contributed by atoms with E-state index in [-0.39, 0.29) is 5.92 Å². The van der Waals surface area contributed by atoms with Gasteiger partial charge in [-0.3, -0.25) is 0 Å². The summed E-state index contributed by atoms with van der Waals surface area (Å²) in [6.07, 6.45) is 9.75. The van der Waals surface area contributed by atoms with Crippen LogP contribution in [0.3, 0.4) is 0 Å². The van der Waals surface area contributed by atoms with E-state index in [4.69, 9.17) is 0 Å². The van der Waals surface area contributed by atoms with Crippen molar-refractivity contribution in [2.75, 3.05) is 0 Å². The molecule has 1 radical (unpaired) electrons. The van der Waals surface area contributed by atoms with Gasteiger partial charge in [0.1, 0.15) is 0 Å². The van der Waals surface area contributed by atoms with E-state index in [0.29, 0.717) is 0 Å². The molecular formula is C18H29O. The van der Waals surface area contributed by atoms with E-state index in [1.165, 1.54) is 50.5 Å². The van der Waals surface area contributed by atoms with Gasteiger partial charge >= 0.3 is 0 Å². The highest BCUT2D eigenvalue weighted by molar-refractivity contribution is 5.20. The smallest absolute Gasteiger partial charge is 0.0609 e. The zero-order valence-corrected chi connectivity index (χ0v) is 12.4. The summed E-state index contributed by atoms with van der Waals surface area (Å²) in [5, 5.41) is 9.83. The van der Waals surface area contributed by atoms with Crippen LogP contribution >= 0.6 is 0 Å². The molecule has 107 valence electrons. The van der Waals surface area contributed by atoms with Gasteiger partial charge in [-0.25, -0.2) is 0 Å². The van der Waals surface area contributed by atoms with Crippen molar-refractivity contribution in [1.82, 2.24) is 0 Å². The third kappa shape index (κ3) is 6.77. The molecule has 1 rings (SSSR count). The molecule has 0 aliphatic heterocycles. The number of rotatable bonds is 10. The van der Waals surface area contributed by atoms with Gasteiger partial charge in [0.25, 0.3) is 0 Å². The molecule has 1 nitrogen and oxygen atoms in total. The molecule has 0 bridgehead atoms. The van der Waals surface area contributed by atoms with Crippen LogP contribution in [-0.2, 0) is 0 Å². The van der Waals surface area contributed by atoms with Gasteiger partial charge in [0, 0.05) is 5.92 Å². The topological polar surface area (TPSA) is 20.2 Å². The van der Waals surface area contributed by atoms with Crippen LogP contribution < -0.4 is 0 Å². The minimum Gasteiger partial charge on any atom is -0.392 e. The molecule has 1 aromatic carbocycles. The summed E-state index contributed by atoms with van der Waals surface area (Å²) in [5.41, 5.74) is 1.22. The summed E-state index contributed by atoms with van der Waals surface area (Å²) in [6, 6.07) is 10.3. The van der Waals surface area contributed by atoms with Gasteiger partial charge in [-0.2, -0.15) is 0 Å². The van der Waals surface area contributed by atoms with Crippen molar-refractivity contribution in [2.24, 2.45) is 0 Å². The molecule has 0 saturated heterocycles. The fourth-order valence-electron chi connectivity index (χ4n) is 2.60. The summed E-state index contributed by atoms with van der Waals surface area (Å²) in [5.74, 6) is 0.192. The molecule has 2 atom stereocenters. The van der Waals surface area contributed by atoms with E-state index in [1.807, 2.05) is 18.2 Å².